The summed E-state index contributed by atoms with van der Waals surface area (Å²) in [6.07, 6.45) is -0.797. The van der Waals surface area contributed by atoms with E-state index >= 15 is 0 Å². The number of aromatic carboxylic acids is 1. The van der Waals surface area contributed by atoms with Crippen molar-refractivity contribution in [2.45, 2.75) is 13.0 Å². The Morgan fingerprint density at radius 1 is 1.17 bits per heavy atom. The lowest BCUT2D eigenvalue weighted by Gasteiger charge is -2.16. The number of ether oxygens (including phenoxy) is 1. The third-order valence-corrected chi connectivity index (χ3v) is 4.10. The van der Waals surface area contributed by atoms with Gasteiger partial charge in [0.25, 0.3) is 5.91 Å². The average molecular weight is 443 g/mol. The molecule has 5 nitrogen and oxygen atoms in total. The molecule has 0 aliphatic carbocycles. The van der Waals surface area contributed by atoms with Gasteiger partial charge in [0, 0.05) is 4.47 Å². The molecule has 0 saturated heterocycles. The molecular weight excluding hydrogens is 430 g/mol. The molecule has 0 radical (unpaired) electrons. The van der Waals surface area contributed by atoms with Gasteiger partial charge in [-0.05, 0) is 53.2 Å². The maximum Gasteiger partial charge on any atom is 0.337 e. The Morgan fingerprint density at radius 2 is 1.87 bits per heavy atom. The van der Waals surface area contributed by atoms with E-state index in [2.05, 4.69) is 37.2 Å². The normalized spacial score (nSPS) is 11.6. The van der Waals surface area contributed by atoms with Gasteiger partial charge in [0.1, 0.15) is 5.75 Å². The van der Waals surface area contributed by atoms with Crippen molar-refractivity contribution >= 4 is 49.4 Å². The van der Waals surface area contributed by atoms with Crippen LogP contribution >= 0.6 is 31.9 Å². The van der Waals surface area contributed by atoms with Crippen molar-refractivity contribution in [3.63, 3.8) is 0 Å². The highest BCUT2D eigenvalue weighted by Gasteiger charge is 2.19. The van der Waals surface area contributed by atoms with Crippen LogP contribution in [0.25, 0.3) is 0 Å². The summed E-state index contributed by atoms with van der Waals surface area (Å²) in [6, 6.07) is 11.5. The van der Waals surface area contributed by atoms with Crippen molar-refractivity contribution in [2.75, 3.05) is 5.32 Å². The number of carboxylic acids is 1. The highest BCUT2D eigenvalue weighted by molar-refractivity contribution is 9.11. The molecule has 0 aliphatic heterocycles. The topological polar surface area (TPSA) is 75.6 Å². The number of para-hydroxylation sites is 1. The van der Waals surface area contributed by atoms with E-state index < -0.39 is 18.0 Å². The minimum atomic E-state index is -1.11. The van der Waals surface area contributed by atoms with Gasteiger partial charge in [-0.1, -0.05) is 28.1 Å². The second kappa shape index (κ2) is 7.61. The molecule has 0 heterocycles. The smallest absolute Gasteiger partial charge is 0.337 e. The minimum Gasteiger partial charge on any atom is -0.480 e. The van der Waals surface area contributed by atoms with Gasteiger partial charge in [-0.15, -0.1) is 0 Å². The van der Waals surface area contributed by atoms with Crippen LogP contribution in [0, 0.1) is 0 Å². The summed E-state index contributed by atoms with van der Waals surface area (Å²) in [4.78, 5) is 23.4. The zero-order valence-corrected chi connectivity index (χ0v) is 15.2. The fraction of sp³-hybridized carbons (Fsp3) is 0.125. The maximum absolute atomic E-state index is 12.2. The van der Waals surface area contributed by atoms with Crippen LogP contribution in [0.5, 0.6) is 5.75 Å². The third-order valence-electron chi connectivity index (χ3n) is 2.98. The van der Waals surface area contributed by atoms with Crippen LogP contribution in [0.2, 0.25) is 0 Å². The van der Waals surface area contributed by atoms with Crippen molar-refractivity contribution in [3.8, 4) is 5.75 Å². The van der Waals surface area contributed by atoms with E-state index in [1.165, 1.54) is 12.1 Å². The fourth-order valence-corrected chi connectivity index (χ4v) is 2.97. The maximum atomic E-state index is 12.2. The van der Waals surface area contributed by atoms with Gasteiger partial charge in [0.05, 0.1) is 15.7 Å². The van der Waals surface area contributed by atoms with Gasteiger partial charge in [-0.3, -0.25) is 4.79 Å². The van der Waals surface area contributed by atoms with Crippen LogP contribution in [0.1, 0.15) is 17.3 Å². The Kier molecular flexibility index (Phi) is 5.79. The van der Waals surface area contributed by atoms with Gasteiger partial charge in [-0.25, -0.2) is 4.79 Å². The number of benzene rings is 2. The van der Waals surface area contributed by atoms with Gasteiger partial charge in [0.2, 0.25) is 0 Å². The summed E-state index contributed by atoms with van der Waals surface area (Å²) in [5.74, 6) is -1.03. The third kappa shape index (κ3) is 4.56. The van der Waals surface area contributed by atoms with Crippen molar-refractivity contribution in [3.05, 3.63) is 57.0 Å². The molecule has 7 heteroatoms. The molecule has 1 unspecified atom stereocenters. The van der Waals surface area contributed by atoms with E-state index in [9.17, 15) is 9.59 Å². The van der Waals surface area contributed by atoms with Crippen LogP contribution in [-0.4, -0.2) is 23.1 Å². The van der Waals surface area contributed by atoms with Crippen LogP contribution in [-0.2, 0) is 4.79 Å². The molecule has 0 saturated carbocycles. The molecule has 1 amide bonds. The number of carbonyl (C=O) groups is 2. The number of halogens is 2. The van der Waals surface area contributed by atoms with Crippen molar-refractivity contribution in [1.82, 2.24) is 0 Å². The molecule has 0 bridgehead atoms. The first-order valence-corrected chi connectivity index (χ1v) is 8.22. The van der Waals surface area contributed by atoms with E-state index in [4.69, 9.17) is 9.84 Å². The van der Waals surface area contributed by atoms with Crippen LogP contribution in [0.15, 0.2) is 51.4 Å². The summed E-state index contributed by atoms with van der Waals surface area (Å²) in [6.45, 7) is 1.59. The molecule has 0 spiro atoms. The zero-order chi connectivity index (χ0) is 17.0. The highest BCUT2D eigenvalue weighted by atomic mass is 79.9. The molecule has 2 aromatic rings. The number of amides is 1. The standard InChI is InChI=1S/C16H13Br2NO4/c1-9(23-14-7-6-10(17)8-12(14)18)15(20)19-13-5-3-2-4-11(13)16(21)22/h2-9H,1H3,(H,19,20)(H,21,22). The van der Waals surface area contributed by atoms with Crippen molar-refractivity contribution in [2.24, 2.45) is 0 Å². The van der Waals surface area contributed by atoms with Gasteiger partial charge >= 0.3 is 5.97 Å². The lowest BCUT2D eigenvalue weighted by atomic mass is 10.1. The van der Waals surface area contributed by atoms with Crippen LogP contribution < -0.4 is 10.1 Å². The fourth-order valence-electron chi connectivity index (χ4n) is 1.83. The second-order valence-electron chi connectivity index (χ2n) is 4.67. The van der Waals surface area contributed by atoms with Gasteiger partial charge < -0.3 is 15.2 Å². The average Bonchev–Trinajstić information content (AvgIpc) is 2.50. The predicted octanol–water partition coefficient (Wildman–Crippen LogP) is 4.32. The van der Waals surface area contributed by atoms with Crippen LogP contribution in [0.3, 0.4) is 0 Å². The monoisotopic (exact) mass is 441 g/mol. The molecule has 23 heavy (non-hydrogen) atoms. The zero-order valence-electron chi connectivity index (χ0n) is 12.0. The van der Waals surface area contributed by atoms with Gasteiger partial charge in [-0.2, -0.15) is 0 Å². The van der Waals surface area contributed by atoms with Crippen molar-refractivity contribution in [1.29, 1.82) is 0 Å². The second-order valence-corrected chi connectivity index (χ2v) is 6.44. The molecule has 120 valence electrons. The molecule has 0 aromatic heterocycles. The molecule has 2 N–H and O–H groups in total. The summed E-state index contributed by atoms with van der Waals surface area (Å²) in [5, 5.41) is 11.7. The number of nitrogens with one attached hydrogen (secondary N) is 1. The summed E-state index contributed by atoms with van der Waals surface area (Å²) >= 11 is 6.69. The molecule has 0 aliphatic rings. The van der Waals surface area contributed by atoms with E-state index in [-0.39, 0.29) is 11.3 Å². The Balaban J connectivity index is 2.10. The van der Waals surface area contributed by atoms with E-state index in [1.807, 2.05) is 0 Å². The Morgan fingerprint density at radius 3 is 2.52 bits per heavy atom. The van der Waals surface area contributed by atoms with Crippen LogP contribution in [0.4, 0.5) is 5.69 Å². The lowest BCUT2D eigenvalue weighted by Crippen LogP contribution is -2.30. The van der Waals surface area contributed by atoms with E-state index in [0.717, 1.165) is 4.47 Å². The SMILES string of the molecule is CC(Oc1ccc(Br)cc1Br)C(=O)Nc1ccccc1C(=O)O. The molecular formula is C16H13Br2NO4. The molecule has 2 aromatic carbocycles. The van der Waals surface area contributed by atoms with Gasteiger partial charge in [0.15, 0.2) is 6.10 Å². The lowest BCUT2D eigenvalue weighted by molar-refractivity contribution is -0.122. The number of hydrogen-bond acceptors (Lipinski definition) is 3. The first-order chi connectivity index (χ1) is 10.9. The van der Waals surface area contributed by atoms with Crippen molar-refractivity contribution < 1.29 is 19.4 Å². The largest absolute Gasteiger partial charge is 0.480 e. The number of anilines is 1. The Bertz CT molecular complexity index is 749. The summed E-state index contributed by atoms with van der Waals surface area (Å²) < 4.78 is 7.19. The number of carboxylic acid groups (broad SMARTS) is 1. The van der Waals surface area contributed by atoms with E-state index in [1.54, 1.807) is 37.3 Å². The number of rotatable bonds is 5. The number of carbonyl (C=O) groups excluding carboxylic acids is 1. The Hall–Kier alpha value is -1.86. The molecule has 2 rings (SSSR count). The van der Waals surface area contributed by atoms with E-state index in [0.29, 0.717) is 10.2 Å². The summed E-state index contributed by atoms with van der Waals surface area (Å²) in [7, 11) is 0. The quantitative estimate of drug-likeness (QED) is 0.723. The Labute approximate surface area is 149 Å². The highest BCUT2D eigenvalue weighted by Crippen LogP contribution is 2.29. The minimum absolute atomic E-state index is 0.0258. The summed E-state index contributed by atoms with van der Waals surface area (Å²) in [5.41, 5.74) is 0.258. The predicted molar refractivity (Wildman–Crippen MR) is 94.0 cm³/mol. The molecule has 1 atom stereocenters. The number of hydrogen-bond donors (Lipinski definition) is 2. The first-order valence-electron chi connectivity index (χ1n) is 6.63. The molecule has 0 fully saturated rings. The first kappa shape index (κ1) is 17.5.